The van der Waals surface area contributed by atoms with Gasteiger partial charge in [-0.2, -0.15) is 0 Å². The first-order valence-corrected chi connectivity index (χ1v) is 6.42. The molecule has 3 nitrogen and oxygen atoms in total. The molecular formula is C14H9FN2OS. The molecule has 3 rings (SSSR count). The molecule has 0 saturated heterocycles. The van der Waals surface area contributed by atoms with Crippen LogP contribution in [0, 0.1) is 5.82 Å². The number of nitrogens with two attached hydrogens (primary N) is 1. The van der Waals surface area contributed by atoms with Crippen LogP contribution in [0.2, 0.25) is 0 Å². The van der Waals surface area contributed by atoms with E-state index in [4.69, 9.17) is 5.73 Å². The minimum atomic E-state index is -0.498. The molecule has 1 amide bonds. The Morgan fingerprint density at radius 3 is 2.63 bits per heavy atom. The number of benzene rings is 1. The van der Waals surface area contributed by atoms with Gasteiger partial charge < -0.3 is 5.73 Å². The van der Waals surface area contributed by atoms with Crippen LogP contribution in [-0.4, -0.2) is 10.9 Å². The van der Waals surface area contributed by atoms with E-state index in [9.17, 15) is 9.18 Å². The van der Waals surface area contributed by atoms with Gasteiger partial charge in [0.25, 0.3) is 5.91 Å². The molecule has 0 spiro atoms. The van der Waals surface area contributed by atoms with Crippen LogP contribution in [0.4, 0.5) is 4.39 Å². The Kier molecular flexibility index (Phi) is 2.76. The smallest absolute Gasteiger partial charge is 0.259 e. The van der Waals surface area contributed by atoms with Crippen LogP contribution >= 0.6 is 11.3 Å². The number of primary amides is 1. The predicted molar refractivity (Wildman–Crippen MR) is 73.5 cm³/mol. The van der Waals surface area contributed by atoms with E-state index >= 15 is 0 Å². The number of carbonyl (C=O) groups excluding carboxylic acids is 1. The van der Waals surface area contributed by atoms with Gasteiger partial charge in [-0.3, -0.25) is 4.79 Å². The molecule has 0 bridgehead atoms. The molecule has 0 aliphatic carbocycles. The van der Waals surface area contributed by atoms with E-state index in [0.717, 1.165) is 21.3 Å². The van der Waals surface area contributed by atoms with Gasteiger partial charge in [0.2, 0.25) is 0 Å². The molecule has 0 atom stereocenters. The van der Waals surface area contributed by atoms with E-state index in [1.807, 2.05) is 6.07 Å². The Morgan fingerprint density at radius 1 is 1.21 bits per heavy atom. The summed E-state index contributed by atoms with van der Waals surface area (Å²) in [5, 5.41) is 0.855. The van der Waals surface area contributed by atoms with Crippen molar-refractivity contribution >= 4 is 27.5 Å². The number of carbonyl (C=O) groups is 1. The molecule has 0 unspecified atom stereocenters. The summed E-state index contributed by atoms with van der Waals surface area (Å²) in [5.74, 6) is -0.815. The van der Waals surface area contributed by atoms with Gasteiger partial charge in [0.15, 0.2) is 0 Å². The zero-order valence-corrected chi connectivity index (χ0v) is 10.6. The highest BCUT2D eigenvalue weighted by atomic mass is 32.1. The minimum absolute atomic E-state index is 0.318. The van der Waals surface area contributed by atoms with Crippen LogP contribution in [0.25, 0.3) is 21.3 Å². The third-order valence-electron chi connectivity index (χ3n) is 2.82. The zero-order chi connectivity index (χ0) is 13.4. The molecular weight excluding hydrogens is 263 g/mol. The monoisotopic (exact) mass is 272 g/mol. The molecule has 2 aromatic heterocycles. The summed E-state index contributed by atoms with van der Waals surface area (Å²) in [6.45, 7) is 0. The van der Waals surface area contributed by atoms with Crippen molar-refractivity contribution in [3.63, 3.8) is 0 Å². The number of pyridine rings is 1. The van der Waals surface area contributed by atoms with E-state index in [2.05, 4.69) is 4.98 Å². The summed E-state index contributed by atoms with van der Waals surface area (Å²) in [5.41, 5.74) is 6.90. The Labute approximate surface area is 112 Å². The van der Waals surface area contributed by atoms with Gasteiger partial charge >= 0.3 is 0 Å². The lowest BCUT2D eigenvalue weighted by Crippen LogP contribution is -2.09. The van der Waals surface area contributed by atoms with E-state index in [0.29, 0.717) is 4.88 Å². The maximum atomic E-state index is 13.0. The molecule has 19 heavy (non-hydrogen) atoms. The van der Waals surface area contributed by atoms with Crippen molar-refractivity contribution in [3.05, 3.63) is 53.3 Å². The summed E-state index contributed by atoms with van der Waals surface area (Å²) in [7, 11) is 0. The van der Waals surface area contributed by atoms with Crippen LogP contribution in [0.3, 0.4) is 0 Å². The van der Waals surface area contributed by atoms with Crippen molar-refractivity contribution in [3.8, 4) is 11.1 Å². The molecule has 1 aromatic carbocycles. The summed E-state index contributed by atoms with van der Waals surface area (Å²) >= 11 is 1.25. The third kappa shape index (κ3) is 1.98. The largest absolute Gasteiger partial charge is 0.365 e. The first-order chi connectivity index (χ1) is 9.16. The molecule has 2 heterocycles. The molecule has 3 aromatic rings. The second-order valence-corrected chi connectivity index (χ2v) is 5.03. The molecule has 94 valence electrons. The lowest BCUT2D eigenvalue weighted by molar-refractivity contribution is 0.100. The quantitative estimate of drug-likeness (QED) is 0.778. The van der Waals surface area contributed by atoms with Gasteiger partial charge in [0.1, 0.15) is 15.5 Å². The first-order valence-electron chi connectivity index (χ1n) is 5.60. The van der Waals surface area contributed by atoms with E-state index in [-0.39, 0.29) is 5.82 Å². The Hall–Kier alpha value is -2.27. The van der Waals surface area contributed by atoms with Crippen molar-refractivity contribution in [2.45, 2.75) is 0 Å². The summed E-state index contributed by atoms with van der Waals surface area (Å²) < 4.78 is 13.0. The maximum Gasteiger partial charge on any atom is 0.259 e. The van der Waals surface area contributed by atoms with Crippen molar-refractivity contribution in [1.82, 2.24) is 4.98 Å². The molecule has 2 N–H and O–H groups in total. The molecule has 0 radical (unpaired) electrons. The second kappa shape index (κ2) is 4.44. The van der Waals surface area contributed by atoms with Gasteiger partial charge in [-0.25, -0.2) is 9.37 Å². The molecule has 0 saturated carbocycles. The number of amides is 1. The fourth-order valence-corrected chi connectivity index (χ4v) is 3.03. The van der Waals surface area contributed by atoms with Crippen LogP contribution in [0.1, 0.15) is 9.67 Å². The number of nitrogens with zero attached hydrogens (tertiary/aromatic N) is 1. The van der Waals surface area contributed by atoms with Crippen molar-refractivity contribution < 1.29 is 9.18 Å². The maximum absolute atomic E-state index is 13.0. The van der Waals surface area contributed by atoms with Crippen LogP contribution in [0.15, 0.2) is 42.6 Å². The van der Waals surface area contributed by atoms with Gasteiger partial charge in [0.05, 0.1) is 0 Å². The lowest BCUT2D eigenvalue weighted by Gasteiger charge is -2.02. The Morgan fingerprint density at radius 2 is 1.95 bits per heavy atom. The predicted octanol–water partition coefficient (Wildman–Crippen LogP) is 3.20. The highest BCUT2D eigenvalue weighted by Crippen LogP contribution is 2.37. The third-order valence-corrected chi connectivity index (χ3v) is 3.95. The van der Waals surface area contributed by atoms with E-state index in [1.54, 1.807) is 24.4 Å². The van der Waals surface area contributed by atoms with Crippen LogP contribution < -0.4 is 5.73 Å². The van der Waals surface area contributed by atoms with Crippen molar-refractivity contribution in [1.29, 1.82) is 0 Å². The molecule has 0 aliphatic rings. The average molecular weight is 272 g/mol. The number of fused-ring (bicyclic) bond motifs is 1. The average Bonchev–Trinajstić information content (AvgIpc) is 2.79. The first kappa shape index (κ1) is 11.8. The summed E-state index contributed by atoms with van der Waals surface area (Å²) in [6, 6.07) is 9.67. The van der Waals surface area contributed by atoms with Crippen LogP contribution in [0.5, 0.6) is 0 Å². The van der Waals surface area contributed by atoms with Crippen molar-refractivity contribution in [2.75, 3.05) is 0 Å². The number of thiophene rings is 1. The highest BCUT2D eigenvalue weighted by molar-refractivity contribution is 7.21. The summed E-state index contributed by atoms with van der Waals surface area (Å²) in [4.78, 5) is 17.0. The molecule has 0 aliphatic heterocycles. The second-order valence-electron chi connectivity index (χ2n) is 4.03. The number of aromatic nitrogens is 1. The van der Waals surface area contributed by atoms with E-state index in [1.165, 1.54) is 23.5 Å². The molecule has 0 fully saturated rings. The highest BCUT2D eigenvalue weighted by Gasteiger charge is 2.18. The van der Waals surface area contributed by atoms with Gasteiger partial charge in [-0.05, 0) is 29.8 Å². The molecule has 5 heteroatoms. The Bertz CT molecular complexity index is 765. The normalized spacial score (nSPS) is 10.8. The van der Waals surface area contributed by atoms with E-state index < -0.39 is 5.91 Å². The van der Waals surface area contributed by atoms with Gasteiger partial charge in [-0.1, -0.05) is 12.1 Å². The number of hydrogen-bond acceptors (Lipinski definition) is 3. The fourth-order valence-electron chi connectivity index (χ4n) is 2.01. The standard InChI is InChI=1S/C14H9FN2OS/c15-9-5-3-8(4-6-9)11-10-2-1-7-17-14(10)19-12(11)13(16)18/h1-7H,(H2,16,18). The summed E-state index contributed by atoms with van der Waals surface area (Å²) in [6.07, 6.45) is 1.66. The Balaban J connectivity index is 2.34. The lowest BCUT2D eigenvalue weighted by atomic mass is 10.0. The fraction of sp³-hybridized carbons (Fsp3) is 0. The zero-order valence-electron chi connectivity index (χ0n) is 9.76. The van der Waals surface area contributed by atoms with Gasteiger partial charge in [0, 0.05) is 17.1 Å². The minimum Gasteiger partial charge on any atom is -0.365 e. The van der Waals surface area contributed by atoms with Crippen LogP contribution in [-0.2, 0) is 0 Å². The number of rotatable bonds is 2. The SMILES string of the molecule is NC(=O)c1sc2ncccc2c1-c1ccc(F)cc1. The topological polar surface area (TPSA) is 56.0 Å². The van der Waals surface area contributed by atoms with Gasteiger partial charge in [-0.15, -0.1) is 11.3 Å². The van der Waals surface area contributed by atoms with Crippen molar-refractivity contribution in [2.24, 2.45) is 5.73 Å². The number of halogens is 1. The number of hydrogen-bond donors (Lipinski definition) is 1.